The Hall–Kier alpha value is -0.740. The average Bonchev–Trinajstić information content (AvgIpc) is 2.40. The maximum absolute atomic E-state index is 4.43. The molecular weight excluding hydrogens is 254 g/mol. The summed E-state index contributed by atoms with van der Waals surface area (Å²) in [4.78, 5) is 6.80. The summed E-state index contributed by atoms with van der Waals surface area (Å²) in [6.45, 7) is 8.47. The molecule has 0 aliphatic carbocycles. The van der Waals surface area contributed by atoms with Crippen LogP contribution in [0.25, 0.3) is 0 Å². The zero-order valence-electron chi connectivity index (χ0n) is 12.9. The van der Waals surface area contributed by atoms with E-state index >= 15 is 0 Å². The lowest BCUT2D eigenvalue weighted by molar-refractivity contribution is 0.668. The summed E-state index contributed by atoms with van der Waals surface area (Å²) in [6.07, 6.45) is 5.33. The molecule has 0 aromatic carbocycles. The second-order valence-corrected chi connectivity index (χ2v) is 5.96. The van der Waals surface area contributed by atoms with Crippen molar-refractivity contribution in [2.24, 2.45) is 0 Å². The van der Waals surface area contributed by atoms with Crippen LogP contribution in [0.4, 0.5) is 5.69 Å². The van der Waals surface area contributed by atoms with Crippen molar-refractivity contribution in [2.45, 2.75) is 39.8 Å². The zero-order valence-corrected chi connectivity index (χ0v) is 13.7. The summed E-state index contributed by atoms with van der Waals surface area (Å²) in [5.41, 5.74) is 3.67. The third kappa shape index (κ3) is 5.03. The van der Waals surface area contributed by atoms with Crippen LogP contribution in [0.2, 0.25) is 0 Å². The van der Waals surface area contributed by atoms with Gasteiger partial charge in [0.05, 0.1) is 0 Å². The number of nitrogens with zero attached hydrogens (tertiary/aromatic N) is 2. The molecule has 0 saturated carbocycles. The van der Waals surface area contributed by atoms with Gasteiger partial charge in [-0.05, 0) is 39.1 Å². The molecule has 1 atom stereocenters. The number of pyridine rings is 1. The largest absolute Gasteiger partial charge is 0.371 e. The van der Waals surface area contributed by atoms with Gasteiger partial charge in [0.2, 0.25) is 0 Å². The topological polar surface area (TPSA) is 28.2 Å². The van der Waals surface area contributed by atoms with Crippen LogP contribution in [0.1, 0.15) is 31.5 Å². The van der Waals surface area contributed by atoms with E-state index in [0.29, 0.717) is 6.04 Å². The molecule has 1 aromatic rings. The van der Waals surface area contributed by atoms with E-state index in [4.69, 9.17) is 0 Å². The summed E-state index contributed by atoms with van der Waals surface area (Å²) >= 11 is 1.89. The molecule has 0 aliphatic heterocycles. The molecule has 0 saturated heterocycles. The average molecular weight is 281 g/mol. The van der Waals surface area contributed by atoms with E-state index in [-0.39, 0.29) is 0 Å². The molecule has 1 aromatic heterocycles. The number of anilines is 1. The van der Waals surface area contributed by atoms with Crippen molar-refractivity contribution < 1.29 is 0 Å². The first-order chi connectivity index (χ1) is 9.10. The maximum Gasteiger partial charge on any atom is 0.0445 e. The summed E-state index contributed by atoms with van der Waals surface area (Å²) < 4.78 is 0. The van der Waals surface area contributed by atoms with Crippen LogP contribution < -0.4 is 10.2 Å². The van der Waals surface area contributed by atoms with Gasteiger partial charge in [0.15, 0.2) is 0 Å². The first-order valence-corrected chi connectivity index (χ1v) is 8.37. The van der Waals surface area contributed by atoms with Crippen LogP contribution in [0, 0.1) is 6.92 Å². The van der Waals surface area contributed by atoms with Crippen molar-refractivity contribution in [3.63, 3.8) is 0 Å². The minimum Gasteiger partial charge on any atom is -0.371 e. The number of thioether (sulfide) groups is 1. The minimum atomic E-state index is 0.529. The number of aromatic nitrogens is 1. The number of hydrogen-bond acceptors (Lipinski definition) is 4. The summed E-state index contributed by atoms with van der Waals surface area (Å²) in [5.74, 6) is 1.14. The number of rotatable bonds is 8. The Bertz CT molecular complexity index is 382. The fraction of sp³-hybridized carbons (Fsp3) is 0.667. The highest BCUT2D eigenvalue weighted by molar-refractivity contribution is 7.98. The molecule has 1 unspecified atom stereocenters. The lowest BCUT2D eigenvalue weighted by atomic mass is 10.1. The van der Waals surface area contributed by atoms with Gasteiger partial charge < -0.3 is 10.2 Å². The Balaban J connectivity index is 2.86. The van der Waals surface area contributed by atoms with Crippen LogP contribution >= 0.6 is 11.8 Å². The highest BCUT2D eigenvalue weighted by atomic mass is 32.2. The molecule has 0 aliphatic rings. The second-order valence-electron chi connectivity index (χ2n) is 5.05. The van der Waals surface area contributed by atoms with Gasteiger partial charge in [-0.3, -0.25) is 4.98 Å². The Kier molecular flexibility index (Phi) is 7.24. The van der Waals surface area contributed by atoms with Crippen molar-refractivity contribution in [1.82, 2.24) is 10.3 Å². The molecular formula is C15H27N3S. The Labute approximate surface area is 122 Å². The van der Waals surface area contributed by atoms with Crippen LogP contribution in [-0.2, 0) is 6.54 Å². The highest BCUT2D eigenvalue weighted by Crippen LogP contribution is 2.22. The smallest absolute Gasteiger partial charge is 0.0445 e. The van der Waals surface area contributed by atoms with E-state index in [2.05, 4.69) is 55.3 Å². The van der Waals surface area contributed by atoms with E-state index in [9.17, 15) is 0 Å². The molecule has 3 nitrogen and oxygen atoms in total. The van der Waals surface area contributed by atoms with Crippen molar-refractivity contribution in [2.75, 3.05) is 30.5 Å². The molecule has 108 valence electrons. The molecule has 0 fully saturated rings. The third-order valence-electron chi connectivity index (χ3n) is 3.29. The summed E-state index contributed by atoms with van der Waals surface area (Å²) in [7, 11) is 2.18. The van der Waals surface area contributed by atoms with Gasteiger partial charge in [-0.15, -0.1) is 0 Å². The molecule has 1 heterocycles. The second kappa shape index (κ2) is 8.43. The zero-order chi connectivity index (χ0) is 14.3. The fourth-order valence-electron chi connectivity index (χ4n) is 2.03. The number of hydrogen-bond donors (Lipinski definition) is 1. The van der Waals surface area contributed by atoms with Gasteiger partial charge in [-0.25, -0.2) is 0 Å². The van der Waals surface area contributed by atoms with Crippen molar-refractivity contribution >= 4 is 17.4 Å². The predicted octanol–water partition coefficient (Wildman–Crippen LogP) is 3.08. The molecule has 1 N–H and O–H groups in total. The van der Waals surface area contributed by atoms with Crippen molar-refractivity contribution in [1.29, 1.82) is 0 Å². The fourth-order valence-corrected chi connectivity index (χ4v) is 2.73. The Morgan fingerprint density at radius 1 is 1.47 bits per heavy atom. The van der Waals surface area contributed by atoms with E-state index in [1.165, 1.54) is 11.3 Å². The van der Waals surface area contributed by atoms with Crippen LogP contribution in [0.3, 0.4) is 0 Å². The third-order valence-corrected chi connectivity index (χ3v) is 4.11. The summed E-state index contributed by atoms with van der Waals surface area (Å²) in [6, 6.07) is 2.72. The van der Waals surface area contributed by atoms with Gasteiger partial charge in [0, 0.05) is 48.5 Å². The predicted molar refractivity (Wildman–Crippen MR) is 87.2 cm³/mol. The normalized spacial score (nSPS) is 12.5. The van der Waals surface area contributed by atoms with Gasteiger partial charge in [0.25, 0.3) is 0 Å². The molecule has 0 bridgehead atoms. The molecule has 1 rings (SSSR count). The Morgan fingerprint density at radius 2 is 2.21 bits per heavy atom. The lowest BCUT2D eigenvalue weighted by Crippen LogP contribution is -2.32. The first kappa shape index (κ1) is 16.3. The molecule has 19 heavy (non-hydrogen) atoms. The quantitative estimate of drug-likeness (QED) is 0.741. The van der Waals surface area contributed by atoms with Gasteiger partial charge in [0.1, 0.15) is 0 Å². The van der Waals surface area contributed by atoms with E-state index < -0.39 is 0 Å². The van der Waals surface area contributed by atoms with E-state index in [1.54, 1.807) is 0 Å². The highest BCUT2D eigenvalue weighted by Gasteiger charge is 2.13. The SMILES string of the molecule is CCCNCc1cnc(C)cc1N(C)C(C)CSC. The first-order valence-electron chi connectivity index (χ1n) is 6.98. The van der Waals surface area contributed by atoms with Gasteiger partial charge in [-0.2, -0.15) is 11.8 Å². The van der Waals surface area contributed by atoms with Crippen molar-refractivity contribution in [3.8, 4) is 0 Å². The monoisotopic (exact) mass is 281 g/mol. The van der Waals surface area contributed by atoms with Crippen LogP contribution in [-0.4, -0.2) is 36.6 Å². The maximum atomic E-state index is 4.43. The molecule has 0 radical (unpaired) electrons. The van der Waals surface area contributed by atoms with Crippen molar-refractivity contribution in [3.05, 3.63) is 23.5 Å². The molecule has 0 spiro atoms. The minimum absolute atomic E-state index is 0.529. The van der Waals surface area contributed by atoms with E-state index in [0.717, 1.165) is 31.0 Å². The lowest BCUT2D eigenvalue weighted by Gasteiger charge is -2.29. The number of nitrogens with one attached hydrogen (secondary N) is 1. The molecule has 0 amide bonds. The van der Waals surface area contributed by atoms with E-state index in [1.807, 2.05) is 18.0 Å². The van der Waals surface area contributed by atoms with Gasteiger partial charge in [-0.1, -0.05) is 6.92 Å². The standard InChI is InChI=1S/C15H27N3S/c1-6-7-16-9-14-10-17-12(2)8-15(14)18(4)13(3)11-19-5/h8,10,13,16H,6-7,9,11H2,1-5H3. The molecule has 4 heteroatoms. The number of aryl methyl sites for hydroxylation is 1. The van der Waals surface area contributed by atoms with Crippen LogP contribution in [0.15, 0.2) is 12.3 Å². The van der Waals surface area contributed by atoms with Gasteiger partial charge >= 0.3 is 0 Å². The Morgan fingerprint density at radius 3 is 2.84 bits per heavy atom. The van der Waals surface area contributed by atoms with Crippen LogP contribution in [0.5, 0.6) is 0 Å². The summed E-state index contributed by atoms with van der Waals surface area (Å²) in [5, 5.41) is 3.47.